The third-order valence-corrected chi connectivity index (χ3v) is 6.91. The number of carbonyl (C=O) groups is 2. The number of likely N-dealkylation sites (N-methyl/N-ethyl adjacent to an activating group) is 1. The molecule has 7 heteroatoms. The molecule has 0 N–H and O–H groups in total. The van der Waals surface area contributed by atoms with Gasteiger partial charge in [-0.3, -0.25) is 9.59 Å². The van der Waals surface area contributed by atoms with Gasteiger partial charge in [-0.25, -0.2) is 4.98 Å². The number of hydrogen-bond acceptors (Lipinski definition) is 5. The Kier molecular flexibility index (Phi) is 6.55. The molecule has 0 saturated carbocycles. The van der Waals surface area contributed by atoms with Crippen molar-refractivity contribution in [2.45, 2.75) is 26.3 Å². The van der Waals surface area contributed by atoms with Gasteiger partial charge in [0.25, 0.3) is 5.91 Å². The minimum atomic E-state index is -0.562. The van der Waals surface area contributed by atoms with E-state index in [0.717, 1.165) is 22.4 Å². The Hall–Kier alpha value is -3.19. The highest BCUT2D eigenvalue weighted by molar-refractivity contribution is 7.11. The number of amides is 2. The first-order valence-electron chi connectivity index (χ1n) is 10.8. The van der Waals surface area contributed by atoms with Crippen LogP contribution in [0.4, 0.5) is 0 Å². The Bertz CT molecular complexity index is 1130. The van der Waals surface area contributed by atoms with Crippen molar-refractivity contribution < 1.29 is 14.3 Å². The standard InChI is InChI=1S/C25H27N3O3S/c1-4-27-13-14-28(25(30)23-17(2)26-16-32-23)21(24(27)29)15-18-9-5-6-10-19(18)20-11-7-8-12-22(20)31-3/h5-12,16,21H,4,13-15H2,1-3H3/t21-/m0/s1. The van der Waals surface area contributed by atoms with Crippen LogP contribution in [0.25, 0.3) is 11.1 Å². The number of aromatic nitrogens is 1. The Morgan fingerprint density at radius 2 is 1.84 bits per heavy atom. The van der Waals surface area contributed by atoms with E-state index in [1.165, 1.54) is 11.3 Å². The van der Waals surface area contributed by atoms with E-state index in [4.69, 9.17) is 4.74 Å². The van der Waals surface area contributed by atoms with Crippen molar-refractivity contribution in [3.05, 3.63) is 70.2 Å². The summed E-state index contributed by atoms with van der Waals surface area (Å²) in [7, 11) is 1.66. The van der Waals surface area contributed by atoms with Gasteiger partial charge >= 0.3 is 0 Å². The van der Waals surface area contributed by atoms with E-state index in [1.54, 1.807) is 17.5 Å². The molecule has 1 aliphatic heterocycles. The Labute approximate surface area is 192 Å². The van der Waals surface area contributed by atoms with Crippen molar-refractivity contribution in [3.63, 3.8) is 0 Å². The van der Waals surface area contributed by atoms with Gasteiger partial charge < -0.3 is 14.5 Å². The van der Waals surface area contributed by atoms with E-state index in [9.17, 15) is 9.59 Å². The summed E-state index contributed by atoms with van der Waals surface area (Å²) in [5, 5.41) is 0. The lowest BCUT2D eigenvalue weighted by Crippen LogP contribution is -2.59. The summed E-state index contributed by atoms with van der Waals surface area (Å²) in [6.07, 6.45) is 0.438. The summed E-state index contributed by atoms with van der Waals surface area (Å²) in [4.78, 5) is 35.2. The number of thiazole rings is 1. The highest BCUT2D eigenvalue weighted by atomic mass is 32.1. The molecule has 2 heterocycles. The number of aryl methyl sites for hydroxylation is 1. The number of rotatable bonds is 6. The van der Waals surface area contributed by atoms with Crippen LogP contribution in [0.15, 0.2) is 54.0 Å². The van der Waals surface area contributed by atoms with E-state index >= 15 is 0 Å². The molecule has 3 aromatic rings. The molecule has 4 rings (SSSR count). The summed E-state index contributed by atoms with van der Waals surface area (Å²) in [6, 6.07) is 15.3. The molecule has 0 spiro atoms. The van der Waals surface area contributed by atoms with E-state index in [-0.39, 0.29) is 11.8 Å². The highest BCUT2D eigenvalue weighted by Gasteiger charge is 2.38. The molecule has 6 nitrogen and oxygen atoms in total. The van der Waals surface area contributed by atoms with Crippen molar-refractivity contribution in [1.29, 1.82) is 0 Å². The fraction of sp³-hybridized carbons (Fsp3) is 0.320. The second kappa shape index (κ2) is 9.53. The number of methoxy groups -OCH3 is 1. The predicted octanol–water partition coefficient (Wildman–Crippen LogP) is 4.04. The number of hydrogen-bond donors (Lipinski definition) is 0. The number of carbonyl (C=O) groups excluding carboxylic acids is 2. The maximum Gasteiger partial charge on any atom is 0.266 e. The van der Waals surface area contributed by atoms with Gasteiger partial charge in [0.2, 0.25) is 5.91 Å². The molecule has 1 aromatic heterocycles. The molecule has 0 unspecified atom stereocenters. The summed E-state index contributed by atoms with van der Waals surface area (Å²) in [5.74, 6) is 0.649. The molecule has 0 bridgehead atoms. The monoisotopic (exact) mass is 449 g/mol. The third kappa shape index (κ3) is 4.12. The summed E-state index contributed by atoms with van der Waals surface area (Å²) in [5.41, 5.74) is 5.37. The zero-order valence-corrected chi connectivity index (χ0v) is 19.4. The number of benzene rings is 2. The normalized spacial score (nSPS) is 16.3. The maximum atomic E-state index is 13.4. The predicted molar refractivity (Wildman–Crippen MR) is 126 cm³/mol. The Balaban J connectivity index is 1.72. The lowest BCUT2D eigenvalue weighted by atomic mass is 9.92. The van der Waals surface area contributed by atoms with Crippen molar-refractivity contribution >= 4 is 23.2 Å². The summed E-state index contributed by atoms with van der Waals surface area (Å²) < 4.78 is 5.58. The molecule has 2 aromatic carbocycles. The molecule has 1 atom stereocenters. The molecule has 1 saturated heterocycles. The van der Waals surface area contributed by atoms with E-state index in [1.807, 2.05) is 67.3 Å². The second-order valence-electron chi connectivity index (χ2n) is 7.76. The van der Waals surface area contributed by atoms with Gasteiger partial charge in [-0.15, -0.1) is 11.3 Å². The van der Waals surface area contributed by atoms with Crippen LogP contribution < -0.4 is 4.74 Å². The summed E-state index contributed by atoms with van der Waals surface area (Å²) >= 11 is 1.33. The van der Waals surface area contributed by atoms with Crippen LogP contribution >= 0.6 is 11.3 Å². The van der Waals surface area contributed by atoms with E-state index < -0.39 is 6.04 Å². The molecular formula is C25H27N3O3S. The van der Waals surface area contributed by atoms with Crippen LogP contribution in [0.3, 0.4) is 0 Å². The van der Waals surface area contributed by atoms with E-state index in [2.05, 4.69) is 4.98 Å². The zero-order chi connectivity index (χ0) is 22.7. The van der Waals surface area contributed by atoms with Gasteiger partial charge in [-0.1, -0.05) is 42.5 Å². The van der Waals surface area contributed by atoms with Crippen LogP contribution in [-0.4, -0.2) is 59.4 Å². The molecule has 1 aliphatic rings. The second-order valence-corrected chi connectivity index (χ2v) is 8.62. The molecular weight excluding hydrogens is 422 g/mol. The Morgan fingerprint density at radius 1 is 1.12 bits per heavy atom. The molecule has 0 aliphatic carbocycles. The van der Waals surface area contributed by atoms with Crippen molar-refractivity contribution in [1.82, 2.24) is 14.8 Å². The lowest BCUT2D eigenvalue weighted by molar-refractivity contribution is -0.139. The smallest absolute Gasteiger partial charge is 0.266 e. The SMILES string of the molecule is CCN1CCN(C(=O)c2scnc2C)[C@@H](Cc2ccccc2-c2ccccc2OC)C1=O. The fourth-order valence-corrected chi connectivity index (χ4v) is 5.02. The van der Waals surface area contributed by atoms with Gasteiger partial charge in [0.15, 0.2) is 0 Å². The first kappa shape index (κ1) is 22.0. The summed E-state index contributed by atoms with van der Waals surface area (Å²) in [6.45, 7) is 5.49. The highest BCUT2D eigenvalue weighted by Crippen LogP contribution is 2.33. The van der Waals surface area contributed by atoms with Gasteiger partial charge in [0.05, 0.1) is 18.3 Å². The average Bonchev–Trinajstić information content (AvgIpc) is 3.26. The molecule has 2 amide bonds. The van der Waals surface area contributed by atoms with Crippen LogP contribution in [0.5, 0.6) is 5.75 Å². The molecule has 0 radical (unpaired) electrons. The van der Waals surface area contributed by atoms with Gasteiger partial charge in [0, 0.05) is 31.6 Å². The van der Waals surface area contributed by atoms with Crippen LogP contribution in [0.2, 0.25) is 0 Å². The van der Waals surface area contributed by atoms with E-state index in [0.29, 0.717) is 36.6 Å². The fourth-order valence-electron chi connectivity index (χ4n) is 4.27. The first-order chi connectivity index (χ1) is 15.5. The van der Waals surface area contributed by atoms with Crippen LogP contribution in [0, 0.1) is 6.92 Å². The van der Waals surface area contributed by atoms with Crippen molar-refractivity contribution in [2.75, 3.05) is 26.7 Å². The van der Waals surface area contributed by atoms with Gasteiger partial charge in [-0.2, -0.15) is 0 Å². The number of ether oxygens (including phenoxy) is 1. The van der Waals surface area contributed by atoms with Gasteiger partial charge in [0.1, 0.15) is 16.7 Å². The number of nitrogens with zero attached hydrogens (tertiary/aromatic N) is 3. The first-order valence-corrected chi connectivity index (χ1v) is 11.6. The van der Waals surface area contributed by atoms with Crippen molar-refractivity contribution in [2.24, 2.45) is 0 Å². The Morgan fingerprint density at radius 3 is 2.53 bits per heavy atom. The largest absolute Gasteiger partial charge is 0.496 e. The topological polar surface area (TPSA) is 62.7 Å². The van der Waals surface area contributed by atoms with Crippen LogP contribution in [-0.2, 0) is 11.2 Å². The number of para-hydroxylation sites is 1. The molecule has 166 valence electrons. The zero-order valence-electron chi connectivity index (χ0n) is 18.6. The minimum Gasteiger partial charge on any atom is -0.496 e. The molecule has 1 fully saturated rings. The maximum absolute atomic E-state index is 13.4. The quantitative estimate of drug-likeness (QED) is 0.570. The average molecular weight is 450 g/mol. The minimum absolute atomic E-state index is 0.0101. The van der Waals surface area contributed by atoms with Crippen LogP contribution in [0.1, 0.15) is 27.9 Å². The van der Waals surface area contributed by atoms with Crippen molar-refractivity contribution in [3.8, 4) is 16.9 Å². The lowest BCUT2D eigenvalue weighted by Gasteiger charge is -2.40. The molecule has 32 heavy (non-hydrogen) atoms. The third-order valence-electron chi connectivity index (χ3n) is 5.99. The number of piperazine rings is 1. The van der Waals surface area contributed by atoms with Gasteiger partial charge in [-0.05, 0) is 31.0 Å².